The van der Waals surface area contributed by atoms with Crippen molar-refractivity contribution in [3.05, 3.63) is 53.3 Å². The normalized spacial score (nSPS) is 11.4. The minimum atomic E-state index is -0.469. The van der Waals surface area contributed by atoms with Gasteiger partial charge in [0, 0.05) is 28.9 Å². The van der Waals surface area contributed by atoms with Crippen LogP contribution in [0.15, 0.2) is 42.5 Å². The van der Waals surface area contributed by atoms with E-state index in [0.29, 0.717) is 18.9 Å². The number of alkyl halides is 1. The fourth-order valence-electron chi connectivity index (χ4n) is 3.34. The molecule has 0 saturated heterocycles. The standard InChI is InChI=1S/C23H24Cl2FNO2/c1-15(2)10-18(28)14-27-22-7-5-19(29-9-3-8-24)11-17(22)13-23(27)16-4-6-21(26)20(25)12-16/h4-7,11-13,15H,3,8-10,14H2,1-2H3. The molecule has 0 saturated carbocycles. The topological polar surface area (TPSA) is 31.2 Å². The fourth-order valence-corrected chi connectivity index (χ4v) is 3.63. The summed E-state index contributed by atoms with van der Waals surface area (Å²) in [5.41, 5.74) is 2.49. The van der Waals surface area contributed by atoms with Gasteiger partial charge >= 0.3 is 0 Å². The molecule has 0 aliphatic rings. The average molecular weight is 436 g/mol. The summed E-state index contributed by atoms with van der Waals surface area (Å²) in [4.78, 5) is 12.6. The lowest BCUT2D eigenvalue weighted by Crippen LogP contribution is -2.13. The molecule has 6 heteroatoms. The molecule has 0 atom stereocenters. The van der Waals surface area contributed by atoms with Crippen molar-refractivity contribution in [2.75, 3.05) is 12.5 Å². The summed E-state index contributed by atoms with van der Waals surface area (Å²) in [6.07, 6.45) is 1.27. The Kier molecular flexibility index (Phi) is 7.20. The Morgan fingerprint density at radius 2 is 1.97 bits per heavy atom. The molecule has 29 heavy (non-hydrogen) atoms. The molecule has 3 rings (SSSR count). The largest absolute Gasteiger partial charge is 0.494 e. The van der Waals surface area contributed by atoms with Crippen LogP contribution in [0.3, 0.4) is 0 Å². The van der Waals surface area contributed by atoms with Gasteiger partial charge in [-0.2, -0.15) is 0 Å². The van der Waals surface area contributed by atoms with Crippen molar-refractivity contribution in [3.63, 3.8) is 0 Å². The Balaban J connectivity index is 2.04. The number of hydrogen-bond acceptors (Lipinski definition) is 2. The van der Waals surface area contributed by atoms with Crippen LogP contribution in [0.2, 0.25) is 5.02 Å². The summed E-state index contributed by atoms with van der Waals surface area (Å²) in [6, 6.07) is 12.4. The highest BCUT2D eigenvalue weighted by Crippen LogP contribution is 2.32. The van der Waals surface area contributed by atoms with Crippen LogP contribution in [0.4, 0.5) is 4.39 Å². The number of hydrogen-bond donors (Lipinski definition) is 0. The third kappa shape index (κ3) is 5.31. The number of benzene rings is 2. The van der Waals surface area contributed by atoms with Gasteiger partial charge in [0.15, 0.2) is 5.78 Å². The zero-order chi connectivity index (χ0) is 21.0. The Morgan fingerprint density at radius 3 is 2.66 bits per heavy atom. The molecule has 154 valence electrons. The number of rotatable bonds is 9. The quantitative estimate of drug-likeness (QED) is 0.275. The minimum Gasteiger partial charge on any atom is -0.494 e. The molecule has 2 aromatic carbocycles. The number of ether oxygens (including phenoxy) is 1. The van der Waals surface area contributed by atoms with Gasteiger partial charge in [-0.05, 0) is 60.4 Å². The number of nitrogens with zero attached hydrogens (tertiary/aromatic N) is 1. The van der Waals surface area contributed by atoms with Gasteiger partial charge in [-0.15, -0.1) is 11.6 Å². The highest BCUT2D eigenvalue weighted by Gasteiger charge is 2.16. The summed E-state index contributed by atoms with van der Waals surface area (Å²) >= 11 is 11.7. The van der Waals surface area contributed by atoms with Gasteiger partial charge in [0.05, 0.1) is 18.2 Å². The van der Waals surface area contributed by atoms with Crippen molar-refractivity contribution in [1.29, 1.82) is 0 Å². The third-order valence-corrected chi connectivity index (χ3v) is 5.16. The van der Waals surface area contributed by atoms with E-state index in [-0.39, 0.29) is 23.3 Å². The van der Waals surface area contributed by atoms with Gasteiger partial charge in [-0.25, -0.2) is 4.39 Å². The van der Waals surface area contributed by atoms with Gasteiger partial charge in [-0.1, -0.05) is 25.4 Å². The van der Waals surface area contributed by atoms with E-state index in [9.17, 15) is 9.18 Å². The van der Waals surface area contributed by atoms with Crippen molar-refractivity contribution in [2.24, 2.45) is 5.92 Å². The molecule has 0 amide bonds. The lowest BCUT2D eigenvalue weighted by molar-refractivity contribution is -0.120. The molecule has 0 aliphatic heterocycles. The molecule has 0 N–H and O–H groups in total. The molecule has 1 heterocycles. The summed E-state index contributed by atoms with van der Waals surface area (Å²) in [5, 5.41) is 0.999. The van der Waals surface area contributed by atoms with Crippen molar-refractivity contribution in [2.45, 2.75) is 33.2 Å². The SMILES string of the molecule is CC(C)CC(=O)Cn1c(-c2ccc(F)c(Cl)c2)cc2cc(OCCCCl)ccc21. The Bertz CT molecular complexity index is 1010. The number of aromatic nitrogens is 1. The van der Waals surface area contributed by atoms with Gasteiger partial charge < -0.3 is 9.30 Å². The van der Waals surface area contributed by atoms with Crippen LogP contribution in [-0.4, -0.2) is 22.8 Å². The lowest BCUT2D eigenvalue weighted by atomic mass is 10.1. The number of carbonyl (C=O) groups is 1. The number of fused-ring (bicyclic) bond motifs is 1. The zero-order valence-electron chi connectivity index (χ0n) is 16.6. The molecule has 0 radical (unpaired) electrons. The molecule has 0 unspecified atom stereocenters. The van der Waals surface area contributed by atoms with Gasteiger partial charge in [0.1, 0.15) is 11.6 Å². The fraction of sp³-hybridized carbons (Fsp3) is 0.348. The molecule has 0 bridgehead atoms. The van der Waals surface area contributed by atoms with E-state index in [1.807, 2.05) is 42.7 Å². The van der Waals surface area contributed by atoms with Gasteiger partial charge in [0.2, 0.25) is 0 Å². The maximum absolute atomic E-state index is 13.7. The van der Waals surface area contributed by atoms with E-state index >= 15 is 0 Å². The van der Waals surface area contributed by atoms with Crippen molar-refractivity contribution < 1.29 is 13.9 Å². The predicted molar refractivity (Wildman–Crippen MR) is 118 cm³/mol. The Hall–Kier alpha value is -2.04. The second kappa shape index (κ2) is 9.64. The van der Waals surface area contributed by atoms with Crippen LogP contribution in [0.1, 0.15) is 26.7 Å². The van der Waals surface area contributed by atoms with Crippen LogP contribution >= 0.6 is 23.2 Å². The van der Waals surface area contributed by atoms with Crippen molar-refractivity contribution >= 4 is 39.9 Å². The van der Waals surface area contributed by atoms with Gasteiger partial charge in [-0.3, -0.25) is 4.79 Å². The van der Waals surface area contributed by atoms with E-state index in [2.05, 4.69) is 0 Å². The number of carbonyl (C=O) groups excluding carboxylic acids is 1. The summed E-state index contributed by atoms with van der Waals surface area (Å²) in [6.45, 7) is 4.84. The number of halogens is 3. The van der Waals surface area contributed by atoms with E-state index in [0.717, 1.165) is 34.3 Å². The van der Waals surface area contributed by atoms with E-state index in [1.54, 1.807) is 12.1 Å². The van der Waals surface area contributed by atoms with Crippen LogP contribution < -0.4 is 4.74 Å². The molecular weight excluding hydrogens is 412 g/mol. The summed E-state index contributed by atoms with van der Waals surface area (Å²) in [5.74, 6) is 1.26. The highest BCUT2D eigenvalue weighted by atomic mass is 35.5. The Morgan fingerprint density at radius 1 is 1.17 bits per heavy atom. The first kappa shape index (κ1) is 21.7. The zero-order valence-corrected chi connectivity index (χ0v) is 18.1. The molecule has 0 fully saturated rings. The van der Waals surface area contributed by atoms with E-state index in [4.69, 9.17) is 27.9 Å². The molecule has 0 aliphatic carbocycles. The second-order valence-corrected chi connectivity index (χ2v) is 8.28. The first-order valence-electron chi connectivity index (χ1n) is 9.68. The third-order valence-electron chi connectivity index (χ3n) is 4.61. The maximum Gasteiger partial charge on any atom is 0.152 e. The monoisotopic (exact) mass is 435 g/mol. The first-order chi connectivity index (χ1) is 13.9. The van der Waals surface area contributed by atoms with Crippen LogP contribution in [0.5, 0.6) is 5.75 Å². The van der Waals surface area contributed by atoms with Crippen molar-refractivity contribution in [1.82, 2.24) is 4.57 Å². The second-order valence-electron chi connectivity index (χ2n) is 7.49. The average Bonchev–Trinajstić information content (AvgIpc) is 3.01. The van der Waals surface area contributed by atoms with E-state index < -0.39 is 5.82 Å². The lowest BCUT2D eigenvalue weighted by Gasteiger charge is -2.12. The Labute approximate surface area is 180 Å². The predicted octanol–water partition coefficient (Wildman–Crippen LogP) is 6.72. The van der Waals surface area contributed by atoms with Crippen LogP contribution in [0.25, 0.3) is 22.2 Å². The molecular formula is C23H24Cl2FNO2. The smallest absolute Gasteiger partial charge is 0.152 e. The maximum atomic E-state index is 13.7. The van der Waals surface area contributed by atoms with Crippen LogP contribution in [-0.2, 0) is 11.3 Å². The minimum absolute atomic E-state index is 0.0536. The molecule has 0 spiro atoms. The van der Waals surface area contributed by atoms with Gasteiger partial charge in [0.25, 0.3) is 0 Å². The molecule has 3 aromatic rings. The summed E-state index contributed by atoms with van der Waals surface area (Å²) in [7, 11) is 0. The highest BCUT2D eigenvalue weighted by molar-refractivity contribution is 6.31. The van der Waals surface area contributed by atoms with Crippen molar-refractivity contribution in [3.8, 4) is 17.0 Å². The molecule has 1 aromatic heterocycles. The van der Waals surface area contributed by atoms with Crippen LogP contribution in [0, 0.1) is 11.7 Å². The summed E-state index contributed by atoms with van der Waals surface area (Å²) < 4.78 is 21.4. The number of Topliss-reactive ketones (excluding diaryl/α,β-unsaturated/α-hetero) is 1. The first-order valence-corrected chi connectivity index (χ1v) is 10.6. The molecule has 3 nitrogen and oxygen atoms in total. The number of ketones is 1. The van der Waals surface area contributed by atoms with E-state index in [1.165, 1.54) is 6.07 Å².